The number of hydrogen-bond donors (Lipinski definition) is 1. The maximum Gasteiger partial charge on any atom is 0.573 e. The molecule has 0 spiro atoms. The number of ether oxygens (including phenoxy) is 1. The zero-order valence-corrected chi connectivity index (χ0v) is 16.5. The topological polar surface area (TPSA) is 55.6 Å². The van der Waals surface area contributed by atoms with E-state index in [4.69, 9.17) is 0 Å². The molecule has 0 bridgehead atoms. The number of carbonyl (C=O) groups excluding carboxylic acids is 1. The normalized spacial score (nSPS) is 11.6. The molecule has 0 unspecified atom stereocenters. The van der Waals surface area contributed by atoms with Gasteiger partial charge in [0.2, 0.25) is 5.91 Å². The van der Waals surface area contributed by atoms with Crippen LogP contribution >= 0.6 is 0 Å². The zero-order chi connectivity index (χ0) is 23.8. The van der Waals surface area contributed by atoms with Crippen molar-refractivity contribution in [3.63, 3.8) is 0 Å². The third kappa shape index (κ3) is 5.25. The number of nitrogens with one attached hydrogen (secondary N) is 1. The van der Waals surface area contributed by atoms with Crippen molar-refractivity contribution in [1.29, 1.82) is 0 Å². The summed E-state index contributed by atoms with van der Waals surface area (Å²) in [5.74, 6) is -3.46. The summed E-state index contributed by atoms with van der Waals surface area (Å²) >= 11 is 0. The smallest absolute Gasteiger partial charge is 0.406 e. The number of anilines is 1. The number of halogens is 6. The molecule has 2 aromatic carbocycles. The number of rotatable bonds is 5. The van der Waals surface area contributed by atoms with Crippen molar-refractivity contribution in [2.75, 3.05) is 5.32 Å². The Bertz CT molecular complexity index is 1310. The van der Waals surface area contributed by atoms with Gasteiger partial charge in [0.1, 0.15) is 28.8 Å². The molecule has 1 N–H and O–H groups in total. The predicted molar refractivity (Wildman–Crippen MR) is 106 cm³/mol. The van der Waals surface area contributed by atoms with Gasteiger partial charge in [0.25, 0.3) is 0 Å². The van der Waals surface area contributed by atoms with Crippen LogP contribution < -0.4 is 10.1 Å². The molecule has 11 heteroatoms. The second-order valence-electron chi connectivity index (χ2n) is 6.96. The summed E-state index contributed by atoms with van der Waals surface area (Å²) in [6.45, 7) is 0. The molecule has 2 heterocycles. The Morgan fingerprint density at radius 1 is 0.939 bits per heavy atom. The van der Waals surface area contributed by atoms with Gasteiger partial charge in [0.05, 0.1) is 12.1 Å². The summed E-state index contributed by atoms with van der Waals surface area (Å²) in [6.07, 6.45) is -4.16. The van der Waals surface area contributed by atoms with Crippen molar-refractivity contribution in [1.82, 2.24) is 9.38 Å². The number of nitrogens with zero attached hydrogens (tertiary/aromatic N) is 2. The van der Waals surface area contributed by atoms with Crippen LogP contribution in [0.4, 0.5) is 32.2 Å². The molecule has 33 heavy (non-hydrogen) atoms. The third-order valence-corrected chi connectivity index (χ3v) is 4.49. The Morgan fingerprint density at radius 2 is 1.61 bits per heavy atom. The summed E-state index contributed by atoms with van der Waals surface area (Å²) in [7, 11) is 0. The number of aromatic nitrogens is 2. The maximum absolute atomic E-state index is 13.9. The fourth-order valence-corrected chi connectivity index (χ4v) is 3.27. The maximum atomic E-state index is 13.9. The number of hydrogen-bond acceptors (Lipinski definition) is 3. The number of amides is 1. The molecule has 1 amide bonds. The van der Waals surface area contributed by atoms with Crippen LogP contribution in [0, 0.1) is 17.5 Å². The zero-order valence-electron chi connectivity index (χ0n) is 16.5. The number of alkyl halides is 3. The van der Waals surface area contributed by atoms with Crippen molar-refractivity contribution < 1.29 is 35.9 Å². The minimum atomic E-state index is -4.87. The molecule has 0 radical (unpaired) electrons. The van der Waals surface area contributed by atoms with Crippen molar-refractivity contribution in [3.05, 3.63) is 83.8 Å². The average molecular weight is 465 g/mol. The number of carbonyl (C=O) groups is 1. The van der Waals surface area contributed by atoms with Crippen molar-refractivity contribution >= 4 is 17.4 Å². The lowest BCUT2D eigenvalue weighted by atomic mass is 10.1. The molecule has 2 aromatic heterocycles. The van der Waals surface area contributed by atoms with E-state index in [1.54, 1.807) is 0 Å². The average Bonchev–Trinajstić information content (AvgIpc) is 3.03. The Labute approximate surface area is 182 Å². The molecule has 0 aliphatic heterocycles. The van der Waals surface area contributed by atoms with E-state index in [1.807, 2.05) is 0 Å². The van der Waals surface area contributed by atoms with Gasteiger partial charge in [-0.1, -0.05) is 0 Å². The van der Waals surface area contributed by atoms with E-state index in [2.05, 4.69) is 15.0 Å². The van der Waals surface area contributed by atoms with Gasteiger partial charge in [-0.05, 0) is 54.1 Å². The van der Waals surface area contributed by atoms with Crippen LogP contribution in [0.2, 0.25) is 0 Å². The Kier molecular flexibility index (Phi) is 5.71. The first kappa shape index (κ1) is 22.2. The molecule has 0 aliphatic rings. The molecular weight excluding hydrogens is 452 g/mol. The summed E-state index contributed by atoms with van der Waals surface area (Å²) < 4.78 is 83.1. The number of benzene rings is 2. The Hall–Kier alpha value is -4.02. The van der Waals surface area contributed by atoms with Crippen LogP contribution in [0.25, 0.3) is 16.9 Å². The molecule has 0 saturated heterocycles. The summed E-state index contributed by atoms with van der Waals surface area (Å²) in [5, 5.41) is 2.51. The largest absolute Gasteiger partial charge is 0.573 e. The quantitative estimate of drug-likeness (QED) is 0.396. The Balaban J connectivity index is 1.68. The fourth-order valence-electron chi connectivity index (χ4n) is 3.27. The highest BCUT2D eigenvalue weighted by Crippen LogP contribution is 2.32. The second kappa shape index (κ2) is 8.49. The highest BCUT2D eigenvalue weighted by atomic mass is 19.4. The van der Waals surface area contributed by atoms with E-state index in [9.17, 15) is 31.1 Å². The van der Waals surface area contributed by atoms with Crippen molar-refractivity contribution in [2.24, 2.45) is 0 Å². The van der Waals surface area contributed by atoms with Gasteiger partial charge in [-0.25, -0.2) is 18.2 Å². The molecule has 0 aliphatic carbocycles. The third-order valence-electron chi connectivity index (χ3n) is 4.49. The minimum absolute atomic E-state index is 0.0213. The molecule has 0 atom stereocenters. The SMILES string of the molecule is O=C(Cc1cc(F)cc(F)c1)Nc1nc2ccc(F)cn2c1-c1ccc(OC(F)(F)F)cc1. The number of fused-ring (bicyclic) bond motifs is 1. The van der Waals surface area contributed by atoms with E-state index in [-0.39, 0.29) is 29.1 Å². The molecule has 4 aromatic rings. The van der Waals surface area contributed by atoms with Gasteiger partial charge in [-0.2, -0.15) is 0 Å². The number of imidazole rings is 1. The van der Waals surface area contributed by atoms with Crippen LogP contribution in [0.5, 0.6) is 5.75 Å². The second-order valence-corrected chi connectivity index (χ2v) is 6.96. The van der Waals surface area contributed by atoms with Gasteiger partial charge in [-0.15, -0.1) is 13.2 Å². The van der Waals surface area contributed by atoms with Gasteiger partial charge < -0.3 is 10.1 Å². The van der Waals surface area contributed by atoms with Crippen LogP contribution in [-0.4, -0.2) is 21.7 Å². The molecule has 5 nitrogen and oxygen atoms in total. The first-order valence-corrected chi connectivity index (χ1v) is 9.36. The standard InChI is InChI=1S/C22H13F6N3O2/c23-14-3-6-18-29-21(30-19(32)9-12-7-15(24)10-16(25)8-12)20(31(18)11-14)13-1-4-17(5-2-13)33-22(26,27)28/h1-8,10-11H,9H2,(H,30,32). The first-order valence-electron chi connectivity index (χ1n) is 9.36. The Morgan fingerprint density at radius 3 is 2.24 bits per heavy atom. The predicted octanol–water partition coefficient (Wildman–Crippen LogP) is 5.50. The monoisotopic (exact) mass is 465 g/mol. The lowest BCUT2D eigenvalue weighted by Gasteiger charge is -2.10. The summed E-state index contributed by atoms with van der Waals surface area (Å²) in [5.41, 5.74) is 0.806. The van der Waals surface area contributed by atoms with Crippen LogP contribution in [-0.2, 0) is 11.2 Å². The molecule has 0 saturated carbocycles. The highest BCUT2D eigenvalue weighted by Gasteiger charge is 2.31. The van der Waals surface area contributed by atoms with Gasteiger partial charge in [-0.3, -0.25) is 9.20 Å². The lowest BCUT2D eigenvalue weighted by molar-refractivity contribution is -0.274. The van der Waals surface area contributed by atoms with Crippen LogP contribution in [0.3, 0.4) is 0 Å². The van der Waals surface area contributed by atoms with Crippen molar-refractivity contribution in [2.45, 2.75) is 12.8 Å². The van der Waals surface area contributed by atoms with E-state index in [0.717, 1.165) is 36.5 Å². The van der Waals surface area contributed by atoms with Crippen molar-refractivity contribution in [3.8, 4) is 17.0 Å². The van der Waals surface area contributed by atoms with Gasteiger partial charge in [0, 0.05) is 17.8 Å². The first-order chi connectivity index (χ1) is 15.6. The van der Waals surface area contributed by atoms with E-state index < -0.39 is 35.5 Å². The van der Waals surface area contributed by atoms with Crippen LogP contribution in [0.1, 0.15) is 5.56 Å². The summed E-state index contributed by atoms with van der Waals surface area (Å²) in [6, 6.07) is 9.85. The minimum Gasteiger partial charge on any atom is -0.406 e. The van der Waals surface area contributed by atoms with E-state index in [0.29, 0.717) is 11.6 Å². The van der Waals surface area contributed by atoms with Gasteiger partial charge in [0.15, 0.2) is 5.82 Å². The van der Waals surface area contributed by atoms with E-state index in [1.165, 1.54) is 22.6 Å². The van der Waals surface area contributed by atoms with E-state index >= 15 is 0 Å². The highest BCUT2D eigenvalue weighted by molar-refractivity contribution is 5.95. The summed E-state index contributed by atoms with van der Waals surface area (Å²) in [4.78, 5) is 16.8. The fraction of sp³-hybridized carbons (Fsp3) is 0.0909. The molecular formula is C22H13F6N3O2. The molecule has 170 valence electrons. The molecule has 4 rings (SSSR count). The van der Waals surface area contributed by atoms with Gasteiger partial charge >= 0.3 is 6.36 Å². The lowest BCUT2D eigenvalue weighted by Crippen LogP contribution is -2.17. The van der Waals surface area contributed by atoms with Crippen LogP contribution in [0.15, 0.2) is 60.8 Å². The molecule has 0 fully saturated rings. The number of pyridine rings is 1.